The van der Waals surface area contributed by atoms with Crippen LogP contribution < -0.4 is 5.32 Å². The summed E-state index contributed by atoms with van der Waals surface area (Å²) < 4.78 is 0. The standard InChI is InChI=1S/C15H19NOS/c1-18-14-5-3-2-4-12(14)15(17)16-13-9-10-6-7-11(13)8-10/h2-5,10-11,13H,6-9H2,1H3,(H,16,17)/t10-,11+,13-/m0/s1. The molecule has 2 bridgehead atoms. The van der Waals surface area contributed by atoms with Crippen molar-refractivity contribution in [2.45, 2.75) is 36.6 Å². The number of nitrogens with one attached hydrogen (secondary N) is 1. The van der Waals surface area contributed by atoms with Crippen LogP contribution in [0.5, 0.6) is 0 Å². The maximum absolute atomic E-state index is 12.3. The van der Waals surface area contributed by atoms with Crippen LogP contribution >= 0.6 is 11.8 Å². The summed E-state index contributed by atoms with van der Waals surface area (Å²) >= 11 is 1.64. The van der Waals surface area contributed by atoms with E-state index in [0.717, 1.165) is 22.3 Å². The van der Waals surface area contributed by atoms with Crippen LogP contribution in [0.3, 0.4) is 0 Å². The Hall–Kier alpha value is -0.960. The lowest BCUT2D eigenvalue weighted by Gasteiger charge is -2.23. The van der Waals surface area contributed by atoms with Gasteiger partial charge in [0.15, 0.2) is 0 Å². The summed E-state index contributed by atoms with van der Waals surface area (Å²) in [5.74, 6) is 1.72. The number of amides is 1. The highest BCUT2D eigenvalue weighted by molar-refractivity contribution is 7.98. The summed E-state index contributed by atoms with van der Waals surface area (Å²) in [5, 5.41) is 3.25. The molecular weight excluding hydrogens is 242 g/mol. The van der Waals surface area contributed by atoms with Crippen molar-refractivity contribution in [3.05, 3.63) is 29.8 Å². The molecule has 2 saturated carbocycles. The molecule has 96 valence electrons. The first-order valence-electron chi connectivity index (χ1n) is 6.72. The molecular formula is C15H19NOS. The fraction of sp³-hybridized carbons (Fsp3) is 0.533. The molecule has 0 saturated heterocycles. The van der Waals surface area contributed by atoms with E-state index >= 15 is 0 Å². The smallest absolute Gasteiger partial charge is 0.252 e. The van der Waals surface area contributed by atoms with E-state index in [9.17, 15) is 4.79 Å². The number of fused-ring (bicyclic) bond motifs is 2. The number of carbonyl (C=O) groups excluding carboxylic acids is 1. The number of hydrogen-bond acceptors (Lipinski definition) is 2. The normalized spacial score (nSPS) is 29.5. The molecule has 3 atom stereocenters. The number of carbonyl (C=O) groups is 1. The van der Waals surface area contributed by atoms with Crippen LogP contribution in [0.2, 0.25) is 0 Å². The van der Waals surface area contributed by atoms with E-state index in [4.69, 9.17) is 0 Å². The van der Waals surface area contributed by atoms with Crippen LogP contribution in [0.25, 0.3) is 0 Å². The van der Waals surface area contributed by atoms with Crippen LogP contribution in [0.1, 0.15) is 36.0 Å². The molecule has 2 aliphatic rings. The van der Waals surface area contributed by atoms with Gasteiger partial charge in [0.1, 0.15) is 0 Å². The highest BCUT2D eigenvalue weighted by Crippen LogP contribution is 2.44. The van der Waals surface area contributed by atoms with Gasteiger partial charge in [-0.25, -0.2) is 0 Å². The fourth-order valence-electron chi connectivity index (χ4n) is 3.50. The second-order valence-electron chi connectivity index (χ2n) is 5.46. The average Bonchev–Trinajstić information content (AvgIpc) is 3.01. The summed E-state index contributed by atoms with van der Waals surface area (Å²) in [7, 11) is 0. The van der Waals surface area contributed by atoms with Crippen LogP contribution in [0.4, 0.5) is 0 Å². The first-order chi connectivity index (χ1) is 8.78. The maximum Gasteiger partial charge on any atom is 0.252 e. The quantitative estimate of drug-likeness (QED) is 0.846. The molecule has 3 rings (SSSR count). The summed E-state index contributed by atoms with van der Waals surface area (Å²) in [6.07, 6.45) is 7.22. The van der Waals surface area contributed by atoms with Gasteiger partial charge < -0.3 is 5.32 Å². The Morgan fingerprint density at radius 1 is 1.28 bits per heavy atom. The predicted octanol–water partition coefficient (Wildman–Crippen LogP) is 3.33. The maximum atomic E-state index is 12.3. The second kappa shape index (κ2) is 4.96. The van der Waals surface area contributed by atoms with Gasteiger partial charge in [0.25, 0.3) is 5.91 Å². The summed E-state index contributed by atoms with van der Waals surface area (Å²) in [5.41, 5.74) is 0.827. The first-order valence-corrected chi connectivity index (χ1v) is 7.94. The van der Waals surface area contributed by atoms with E-state index in [-0.39, 0.29) is 5.91 Å². The molecule has 1 N–H and O–H groups in total. The molecule has 3 heteroatoms. The fourth-order valence-corrected chi connectivity index (χ4v) is 4.10. The van der Waals surface area contributed by atoms with Crippen molar-refractivity contribution in [3.63, 3.8) is 0 Å². The molecule has 18 heavy (non-hydrogen) atoms. The van der Waals surface area contributed by atoms with E-state index in [1.807, 2.05) is 30.5 Å². The Bertz CT molecular complexity index is 460. The van der Waals surface area contributed by atoms with Crippen molar-refractivity contribution < 1.29 is 4.79 Å². The number of thioether (sulfide) groups is 1. The minimum absolute atomic E-state index is 0.109. The molecule has 0 heterocycles. The number of benzene rings is 1. The monoisotopic (exact) mass is 261 g/mol. The zero-order chi connectivity index (χ0) is 12.5. The Kier molecular flexibility index (Phi) is 3.33. The topological polar surface area (TPSA) is 29.1 Å². The lowest BCUT2D eigenvalue weighted by atomic mass is 9.95. The van der Waals surface area contributed by atoms with Crippen LogP contribution in [-0.2, 0) is 0 Å². The van der Waals surface area contributed by atoms with E-state index < -0.39 is 0 Å². The van der Waals surface area contributed by atoms with Gasteiger partial charge in [-0.05, 0) is 49.5 Å². The van der Waals surface area contributed by atoms with Gasteiger partial charge in [-0.15, -0.1) is 11.8 Å². The third-order valence-electron chi connectivity index (χ3n) is 4.41. The minimum atomic E-state index is 0.109. The van der Waals surface area contributed by atoms with Crippen LogP contribution in [0.15, 0.2) is 29.2 Å². The van der Waals surface area contributed by atoms with E-state index in [0.29, 0.717) is 6.04 Å². The molecule has 2 nitrogen and oxygen atoms in total. The van der Waals surface area contributed by atoms with E-state index in [2.05, 4.69) is 5.32 Å². The average molecular weight is 261 g/mol. The molecule has 0 aliphatic heterocycles. The molecule has 0 unspecified atom stereocenters. The van der Waals surface area contributed by atoms with Gasteiger partial charge in [0.2, 0.25) is 0 Å². The summed E-state index contributed by atoms with van der Waals surface area (Å²) in [4.78, 5) is 13.4. The predicted molar refractivity (Wildman–Crippen MR) is 74.9 cm³/mol. The molecule has 1 aromatic carbocycles. The number of rotatable bonds is 3. The molecule has 0 spiro atoms. The Morgan fingerprint density at radius 2 is 2.11 bits per heavy atom. The lowest BCUT2D eigenvalue weighted by molar-refractivity contribution is 0.0920. The van der Waals surface area contributed by atoms with Gasteiger partial charge in [0, 0.05) is 10.9 Å². The van der Waals surface area contributed by atoms with Crippen molar-refractivity contribution in [2.24, 2.45) is 11.8 Å². The molecule has 2 fully saturated rings. The van der Waals surface area contributed by atoms with Gasteiger partial charge in [-0.2, -0.15) is 0 Å². The summed E-state index contributed by atoms with van der Waals surface area (Å²) in [6.45, 7) is 0. The molecule has 0 aromatic heterocycles. The largest absolute Gasteiger partial charge is 0.349 e. The second-order valence-corrected chi connectivity index (χ2v) is 6.30. The third-order valence-corrected chi connectivity index (χ3v) is 5.20. The lowest BCUT2D eigenvalue weighted by Crippen LogP contribution is -2.38. The SMILES string of the molecule is CSc1ccccc1C(=O)N[C@H]1C[C@H]2CC[C@@H]1C2. The molecule has 1 amide bonds. The molecule has 2 aliphatic carbocycles. The zero-order valence-electron chi connectivity index (χ0n) is 10.7. The Balaban J connectivity index is 1.71. The molecule has 0 radical (unpaired) electrons. The van der Waals surface area contributed by atoms with Gasteiger partial charge >= 0.3 is 0 Å². The molecule has 1 aromatic rings. The van der Waals surface area contributed by atoms with E-state index in [1.165, 1.54) is 25.7 Å². The van der Waals surface area contributed by atoms with Crippen molar-refractivity contribution >= 4 is 17.7 Å². The highest BCUT2D eigenvalue weighted by Gasteiger charge is 2.40. The highest BCUT2D eigenvalue weighted by atomic mass is 32.2. The Labute approximate surface area is 113 Å². The van der Waals surface area contributed by atoms with Crippen LogP contribution in [-0.4, -0.2) is 18.2 Å². The van der Waals surface area contributed by atoms with Gasteiger partial charge in [-0.3, -0.25) is 4.79 Å². The van der Waals surface area contributed by atoms with E-state index in [1.54, 1.807) is 11.8 Å². The van der Waals surface area contributed by atoms with Crippen molar-refractivity contribution in [3.8, 4) is 0 Å². The Morgan fingerprint density at radius 3 is 2.78 bits per heavy atom. The minimum Gasteiger partial charge on any atom is -0.349 e. The summed E-state index contributed by atoms with van der Waals surface area (Å²) in [6, 6.07) is 8.29. The third kappa shape index (κ3) is 2.16. The van der Waals surface area contributed by atoms with Crippen LogP contribution in [0, 0.1) is 11.8 Å². The van der Waals surface area contributed by atoms with Crippen molar-refractivity contribution in [2.75, 3.05) is 6.26 Å². The van der Waals surface area contributed by atoms with Gasteiger partial charge in [0.05, 0.1) is 5.56 Å². The first kappa shape index (κ1) is 12.1. The zero-order valence-corrected chi connectivity index (χ0v) is 11.5. The van der Waals surface area contributed by atoms with Crippen molar-refractivity contribution in [1.29, 1.82) is 0 Å². The van der Waals surface area contributed by atoms with Gasteiger partial charge in [-0.1, -0.05) is 18.6 Å². The van der Waals surface area contributed by atoms with Crippen molar-refractivity contribution in [1.82, 2.24) is 5.32 Å². The number of hydrogen-bond donors (Lipinski definition) is 1.